The van der Waals surface area contributed by atoms with E-state index in [-0.39, 0.29) is 10.8 Å². The molecule has 0 unspecified atom stereocenters. The molecule has 23 heavy (non-hydrogen) atoms. The van der Waals surface area contributed by atoms with E-state index < -0.39 is 10.0 Å². The van der Waals surface area contributed by atoms with Gasteiger partial charge >= 0.3 is 0 Å². The molecule has 0 fully saturated rings. The number of benzene rings is 1. The van der Waals surface area contributed by atoms with E-state index in [0.29, 0.717) is 12.2 Å². The Morgan fingerprint density at radius 2 is 2.13 bits per heavy atom. The Kier molecular flexibility index (Phi) is 5.89. The predicted octanol–water partition coefficient (Wildman–Crippen LogP) is 1.60. The fraction of sp³-hybridized carbons (Fsp3) is 0.333. The van der Waals surface area contributed by atoms with Crippen molar-refractivity contribution in [3.8, 4) is 0 Å². The van der Waals surface area contributed by atoms with Gasteiger partial charge in [-0.05, 0) is 31.0 Å². The number of imidazole rings is 1. The molecule has 0 aliphatic heterocycles. The second-order valence-corrected chi connectivity index (χ2v) is 6.88. The summed E-state index contributed by atoms with van der Waals surface area (Å²) in [7, 11) is -3.57. The van der Waals surface area contributed by atoms with E-state index >= 15 is 0 Å². The van der Waals surface area contributed by atoms with E-state index in [1.54, 1.807) is 24.7 Å². The summed E-state index contributed by atoms with van der Waals surface area (Å²) in [5.41, 5.74) is 0.459. The van der Waals surface area contributed by atoms with Crippen LogP contribution in [0.3, 0.4) is 0 Å². The molecule has 1 aromatic carbocycles. The number of amides is 1. The van der Waals surface area contributed by atoms with Crippen molar-refractivity contribution in [1.29, 1.82) is 0 Å². The lowest BCUT2D eigenvalue weighted by molar-refractivity contribution is -0.114. The first-order chi connectivity index (χ1) is 11.0. The number of nitrogens with zero attached hydrogens (tertiary/aromatic N) is 2. The lowest BCUT2D eigenvalue weighted by Crippen LogP contribution is -2.25. The minimum absolute atomic E-state index is 0.137. The van der Waals surface area contributed by atoms with Gasteiger partial charge < -0.3 is 9.88 Å². The van der Waals surface area contributed by atoms with Crippen LogP contribution in [0.4, 0.5) is 5.69 Å². The Bertz CT molecular complexity index is 742. The Morgan fingerprint density at radius 1 is 1.30 bits per heavy atom. The van der Waals surface area contributed by atoms with Crippen LogP contribution in [-0.2, 0) is 21.4 Å². The van der Waals surface area contributed by atoms with Crippen LogP contribution in [0.25, 0.3) is 0 Å². The number of unbranched alkanes of at least 4 members (excludes halogenated alkanes) is 1. The highest BCUT2D eigenvalue weighted by molar-refractivity contribution is 7.89. The number of nitrogens with one attached hydrogen (secondary N) is 2. The normalized spacial score (nSPS) is 11.3. The molecule has 0 spiro atoms. The van der Waals surface area contributed by atoms with Crippen LogP contribution in [-0.4, -0.2) is 30.4 Å². The Hall–Kier alpha value is -2.19. The second-order valence-electron chi connectivity index (χ2n) is 5.11. The minimum Gasteiger partial charge on any atom is -0.337 e. The lowest BCUT2D eigenvalue weighted by Gasteiger charge is -2.09. The molecule has 0 atom stereocenters. The fourth-order valence-electron chi connectivity index (χ4n) is 2.07. The third-order valence-electron chi connectivity index (χ3n) is 3.16. The van der Waals surface area contributed by atoms with Crippen LogP contribution >= 0.6 is 0 Å². The average Bonchev–Trinajstić information content (AvgIpc) is 3.00. The molecule has 1 amide bonds. The zero-order valence-corrected chi connectivity index (χ0v) is 13.7. The number of anilines is 1. The zero-order chi connectivity index (χ0) is 16.7. The summed E-state index contributed by atoms with van der Waals surface area (Å²) >= 11 is 0. The highest BCUT2D eigenvalue weighted by Crippen LogP contribution is 2.15. The predicted molar refractivity (Wildman–Crippen MR) is 87.4 cm³/mol. The number of rotatable bonds is 8. The molecule has 7 nitrogen and oxygen atoms in total. The molecule has 2 aromatic rings. The maximum absolute atomic E-state index is 12.2. The van der Waals surface area contributed by atoms with Crippen LogP contribution < -0.4 is 10.0 Å². The van der Waals surface area contributed by atoms with Crippen molar-refractivity contribution in [2.24, 2.45) is 0 Å². The summed E-state index contributed by atoms with van der Waals surface area (Å²) in [4.78, 5) is 15.1. The fourth-order valence-corrected chi connectivity index (χ4v) is 3.19. The van der Waals surface area contributed by atoms with E-state index in [1.165, 1.54) is 19.1 Å². The van der Waals surface area contributed by atoms with Gasteiger partial charge in [-0.3, -0.25) is 4.79 Å². The summed E-state index contributed by atoms with van der Waals surface area (Å²) in [6.45, 7) is 2.54. The number of carbonyl (C=O) groups excluding carboxylic acids is 1. The van der Waals surface area contributed by atoms with Gasteiger partial charge in [-0.1, -0.05) is 6.07 Å². The third-order valence-corrected chi connectivity index (χ3v) is 4.62. The van der Waals surface area contributed by atoms with Gasteiger partial charge in [0.05, 0.1) is 11.2 Å². The lowest BCUT2D eigenvalue weighted by atomic mass is 10.3. The monoisotopic (exact) mass is 336 g/mol. The van der Waals surface area contributed by atoms with E-state index in [0.717, 1.165) is 19.4 Å². The van der Waals surface area contributed by atoms with Crippen molar-refractivity contribution < 1.29 is 13.2 Å². The largest absolute Gasteiger partial charge is 0.337 e. The van der Waals surface area contributed by atoms with E-state index in [1.807, 2.05) is 10.8 Å². The van der Waals surface area contributed by atoms with Gasteiger partial charge in [0.2, 0.25) is 15.9 Å². The standard InChI is InChI=1S/C15H20N4O3S/c1-13(20)18-14-5-4-6-15(11-14)23(21,22)17-7-2-3-9-19-10-8-16-12-19/h4-6,8,10-12,17H,2-3,7,9H2,1H3,(H,18,20). The van der Waals surface area contributed by atoms with Gasteiger partial charge in [-0.15, -0.1) is 0 Å². The molecule has 0 aliphatic carbocycles. The van der Waals surface area contributed by atoms with Crippen molar-refractivity contribution in [1.82, 2.24) is 14.3 Å². The van der Waals surface area contributed by atoms with Crippen molar-refractivity contribution in [2.45, 2.75) is 31.2 Å². The van der Waals surface area contributed by atoms with E-state index in [4.69, 9.17) is 0 Å². The minimum atomic E-state index is -3.57. The number of hydrogen-bond donors (Lipinski definition) is 2. The first-order valence-corrected chi connectivity index (χ1v) is 8.79. The van der Waals surface area contributed by atoms with E-state index in [2.05, 4.69) is 15.0 Å². The molecule has 1 heterocycles. The SMILES string of the molecule is CC(=O)Nc1cccc(S(=O)(=O)NCCCCn2ccnc2)c1. The second kappa shape index (κ2) is 7.89. The van der Waals surface area contributed by atoms with Crippen LogP contribution in [0.5, 0.6) is 0 Å². The van der Waals surface area contributed by atoms with Gasteiger partial charge in [-0.2, -0.15) is 0 Å². The van der Waals surface area contributed by atoms with Gasteiger partial charge in [-0.25, -0.2) is 18.1 Å². The quantitative estimate of drug-likeness (QED) is 0.716. The zero-order valence-electron chi connectivity index (χ0n) is 12.9. The van der Waals surface area contributed by atoms with Gasteiger partial charge in [0.25, 0.3) is 0 Å². The first kappa shape index (κ1) is 17.2. The first-order valence-electron chi connectivity index (χ1n) is 7.30. The van der Waals surface area contributed by atoms with Crippen molar-refractivity contribution in [3.63, 3.8) is 0 Å². The van der Waals surface area contributed by atoms with Gasteiger partial charge in [0, 0.05) is 38.1 Å². The molecule has 0 saturated heterocycles. The topological polar surface area (TPSA) is 93.1 Å². The Labute approximate surface area is 135 Å². The van der Waals surface area contributed by atoms with Crippen molar-refractivity contribution >= 4 is 21.6 Å². The third kappa shape index (κ3) is 5.50. The number of sulfonamides is 1. The maximum Gasteiger partial charge on any atom is 0.240 e. The molecule has 0 bridgehead atoms. The molecule has 124 valence electrons. The molecule has 2 rings (SSSR count). The van der Waals surface area contributed by atoms with Crippen LogP contribution in [0.1, 0.15) is 19.8 Å². The Morgan fingerprint density at radius 3 is 2.83 bits per heavy atom. The van der Waals surface area contributed by atoms with Crippen LogP contribution in [0, 0.1) is 0 Å². The molecular formula is C15H20N4O3S. The Balaban J connectivity index is 1.84. The number of carbonyl (C=O) groups is 1. The summed E-state index contributed by atoms with van der Waals surface area (Å²) in [5, 5.41) is 2.57. The molecule has 8 heteroatoms. The van der Waals surface area contributed by atoms with E-state index in [9.17, 15) is 13.2 Å². The summed E-state index contributed by atoms with van der Waals surface area (Å²) in [5.74, 6) is -0.244. The molecule has 0 radical (unpaired) electrons. The van der Waals surface area contributed by atoms with Crippen molar-refractivity contribution in [3.05, 3.63) is 43.0 Å². The average molecular weight is 336 g/mol. The number of aromatic nitrogens is 2. The summed E-state index contributed by atoms with van der Waals surface area (Å²) in [6.07, 6.45) is 6.90. The smallest absolute Gasteiger partial charge is 0.240 e. The molecule has 0 saturated carbocycles. The van der Waals surface area contributed by atoms with Crippen molar-refractivity contribution in [2.75, 3.05) is 11.9 Å². The maximum atomic E-state index is 12.2. The van der Waals surface area contributed by atoms with Gasteiger partial charge in [0.1, 0.15) is 0 Å². The van der Waals surface area contributed by atoms with Crippen LogP contribution in [0.15, 0.2) is 47.9 Å². The molecular weight excluding hydrogens is 316 g/mol. The van der Waals surface area contributed by atoms with Crippen LogP contribution in [0.2, 0.25) is 0 Å². The van der Waals surface area contributed by atoms with Gasteiger partial charge in [0.15, 0.2) is 0 Å². The highest BCUT2D eigenvalue weighted by atomic mass is 32.2. The highest BCUT2D eigenvalue weighted by Gasteiger charge is 2.13. The number of hydrogen-bond acceptors (Lipinski definition) is 4. The molecule has 2 N–H and O–H groups in total. The number of aryl methyl sites for hydroxylation is 1. The summed E-state index contributed by atoms with van der Waals surface area (Å²) in [6, 6.07) is 6.18. The summed E-state index contributed by atoms with van der Waals surface area (Å²) < 4.78 is 29.0. The molecule has 0 aliphatic rings. The molecule has 1 aromatic heterocycles.